The molecule has 1 aromatic rings. The van der Waals surface area contributed by atoms with Crippen molar-refractivity contribution in [1.29, 1.82) is 0 Å². The molecule has 1 aliphatic heterocycles. The summed E-state index contributed by atoms with van der Waals surface area (Å²) in [4.78, 5) is 10.5. The Morgan fingerprint density at radius 2 is 2.14 bits per heavy atom. The molecule has 1 fully saturated rings. The van der Waals surface area contributed by atoms with E-state index in [0.29, 0.717) is 12.4 Å². The Labute approximate surface area is 126 Å². The molecule has 4 atom stereocenters. The lowest BCUT2D eigenvalue weighted by Crippen LogP contribution is -2.55. The van der Waals surface area contributed by atoms with Crippen molar-refractivity contribution < 1.29 is 29.7 Å². The highest BCUT2D eigenvalue weighted by atomic mass is 16.6. The lowest BCUT2D eigenvalue weighted by molar-refractivity contribution is -0.384. The highest BCUT2D eigenvalue weighted by molar-refractivity contribution is 5.64. The van der Waals surface area contributed by atoms with E-state index in [1.807, 2.05) is 0 Å². The number of aliphatic hydroxyl groups excluding tert-OH is 3. The van der Waals surface area contributed by atoms with Gasteiger partial charge in [0.15, 0.2) is 6.23 Å². The molecule has 4 N–H and O–H groups in total. The van der Waals surface area contributed by atoms with Crippen molar-refractivity contribution in [3.05, 3.63) is 28.3 Å². The summed E-state index contributed by atoms with van der Waals surface area (Å²) in [6.45, 7) is 1.94. The zero-order chi connectivity index (χ0) is 16.3. The van der Waals surface area contributed by atoms with E-state index in [1.165, 1.54) is 12.1 Å². The molecule has 0 amide bonds. The summed E-state index contributed by atoms with van der Waals surface area (Å²) in [5.74, 6) is 0.348. The van der Waals surface area contributed by atoms with E-state index < -0.39 is 29.5 Å². The number of nitro benzene ring substituents is 1. The summed E-state index contributed by atoms with van der Waals surface area (Å²) in [5.41, 5.74) is -0.136. The van der Waals surface area contributed by atoms with Gasteiger partial charge in [-0.2, -0.15) is 0 Å². The van der Waals surface area contributed by atoms with Crippen LogP contribution < -0.4 is 10.1 Å². The van der Waals surface area contributed by atoms with E-state index in [1.54, 1.807) is 13.0 Å². The van der Waals surface area contributed by atoms with Crippen molar-refractivity contribution in [2.45, 2.75) is 31.5 Å². The highest BCUT2D eigenvalue weighted by Gasteiger charge is 2.38. The Hall–Kier alpha value is -1.94. The summed E-state index contributed by atoms with van der Waals surface area (Å²) in [7, 11) is 0. The molecule has 1 saturated heterocycles. The lowest BCUT2D eigenvalue weighted by Gasteiger charge is -2.35. The smallest absolute Gasteiger partial charge is 0.296 e. The van der Waals surface area contributed by atoms with Crippen molar-refractivity contribution in [3.63, 3.8) is 0 Å². The van der Waals surface area contributed by atoms with Crippen LogP contribution in [0.3, 0.4) is 0 Å². The zero-order valence-electron chi connectivity index (χ0n) is 11.9. The van der Waals surface area contributed by atoms with Gasteiger partial charge in [-0.05, 0) is 19.1 Å². The van der Waals surface area contributed by atoms with E-state index in [9.17, 15) is 25.4 Å². The Bertz CT molecular complexity index is 539. The average Bonchev–Trinajstić information content (AvgIpc) is 2.49. The van der Waals surface area contributed by atoms with Crippen LogP contribution in [0, 0.1) is 10.1 Å². The van der Waals surface area contributed by atoms with E-state index in [4.69, 9.17) is 9.47 Å². The maximum absolute atomic E-state index is 11.1. The van der Waals surface area contributed by atoms with Crippen LogP contribution in [0.5, 0.6) is 5.75 Å². The predicted octanol–water partition coefficient (Wildman–Crippen LogP) is -0.156. The molecule has 0 saturated carbocycles. The van der Waals surface area contributed by atoms with Gasteiger partial charge in [-0.15, -0.1) is 0 Å². The summed E-state index contributed by atoms with van der Waals surface area (Å²) in [6.07, 6.45) is -5.10. The van der Waals surface area contributed by atoms with Crippen molar-refractivity contribution in [3.8, 4) is 5.75 Å². The molecule has 1 aliphatic rings. The van der Waals surface area contributed by atoms with Crippen molar-refractivity contribution in [1.82, 2.24) is 0 Å². The van der Waals surface area contributed by atoms with Crippen LogP contribution in [0.4, 0.5) is 11.4 Å². The minimum atomic E-state index is -1.42. The van der Waals surface area contributed by atoms with Gasteiger partial charge in [0.25, 0.3) is 5.69 Å². The second-order valence-corrected chi connectivity index (χ2v) is 4.82. The molecule has 2 rings (SSSR count). The van der Waals surface area contributed by atoms with E-state index in [0.717, 1.165) is 0 Å². The fraction of sp³-hybridized carbons (Fsp3) is 0.538. The highest BCUT2D eigenvalue weighted by Crippen LogP contribution is 2.31. The number of ether oxygens (including phenoxy) is 2. The SMILES string of the molecule is CCOc1ccc(N[C@@H]2OC[C@H](O)[C@@H](O)[C@@H]2O)c([N+](=O)[O-])c1. The van der Waals surface area contributed by atoms with Crippen molar-refractivity contribution in [2.24, 2.45) is 0 Å². The van der Waals surface area contributed by atoms with E-state index >= 15 is 0 Å². The number of hydrogen-bond acceptors (Lipinski definition) is 8. The molecule has 9 nitrogen and oxygen atoms in total. The third-order valence-electron chi connectivity index (χ3n) is 3.28. The summed E-state index contributed by atoms with van der Waals surface area (Å²) < 4.78 is 10.4. The Morgan fingerprint density at radius 1 is 1.41 bits per heavy atom. The number of hydrogen-bond donors (Lipinski definition) is 4. The van der Waals surface area contributed by atoms with Crippen molar-refractivity contribution in [2.75, 3.05) is 18.5 Å². The largest absolute Gasteiger partial charge is 0.494 e. The van der Waals surface area contributed by atoms with Gasteiger partial charge < -0.3 is 30.1 Å². The van der Waals surface area contributed by atoms with E-state index in [2.05, 4.69) is 5.32 Å². The first-order valence-corrected chi connectivity index (χ1v) is 6.77. The maximum atomic E-state index is 11.1. The van der Waals surface area contributed by atoms with Gasteiger partial charge in [0, 0.05) is 0 Å². The van der Waals surface area contributed by atoms with Crippen LogP contribution in [0.1, 0.15) is 6.92 Å². The molecular formula is C13H18N2O7. The molecular weight excluding hydrogens is 296 g/mol. The molecule has 0 aliphatic carbocycles. The van der Waals surface area contributed by atoms with Gasteiger partial charge in [0.1, 0.15) is 29.7 Å². The third kappa shape index (κ3) is 3.45. The average molecular weight is 314 g/mol. The van der Waals surface area contributed by atoms with Crippen LogP contribution in [-0.2, 0) is 4.74 Å². The van der Waals surface area contributed by atoms with E-state index in [-0.39, 0.29) is 18.0 Å². The number of anilines is 1. The Balaban J connectivity index is 2.20. The first-order valence-electron chi connectivity index (χ1n) is 6.77. The molecule has 0 unspecified atom stereocenters. The summed E-state index contributed by atoms with van der Waals surface area (Å²) in [5, 5.41) is 42.6. The molecule has 0 spiro atoms. The first kappa shape index (κ1) is 16.4. The number of nitro groups is 1. The topological polar surface area (TPSA) is 134 Å². The molecule has 22 heavy (non-hydrogen) atoms. The van der Waals surface area contributed by atoms with Gasteiger partial charge in [-0.3, -0.25) is 10.1 Å². The molecule has 122 valence electrons. The van der Waals surface area contributed by atoms with Crippen LogP contribution in [-0.4, -0.2) is 58.0 Å². The fourth-order valence-corrected chi connectivity index (χ4v) is 2.13. The van der Waals surface area contributed by atoms with Crippen LogP contribution in [0.2, 0.25) is 0 Å². The maximum Gasteiger partial charge on any atom is 0.296 e. The lowest BCUT2D eigenvalue weighted by atomic mass is 10.0. The van der Waals surface area contributed by atoms with Gasteiger partial charge >= 0.3 is 0 Å². The molecule has 9 heteroatoms. The Kier molecular flexibility index (Phi) is 5.14. The number of nitrogens with one attached hydrogen (secondary N) is 1. The molecule has 0 aromatic heterocycles. The first-order chi connectivity index (χ1) is 10.4. The van der Waals surface area contributed by atoms with Crippen LogP contribution in [0.15, 0.2) is 18.2 Å². The minimum Gasteiger partial charge on any atom is -0.494 e. The third-order valence-corrected chi connectivity index (χ3v) is 3.28. The Morgan fingerprint density at radius 3 is 2.77 bits per heavy atom. The monoisotopic (exact) mass is 314 g/mol. The molecule has 1 heterocycles. The standard InChI is InChI=1S/C13H18N2O7/c1-2-21-7-3-4-8(9(5-7)15(19)20)14-13-12(18)11(17)10(16)6-22-13/h3-5,10-14,16-18H,2,6H2,1H3/t10-,11+,12-,13+/m0/s1. The van der Waals surface area contributed by atoms with Crippen LogP contribution >= 0.6 is 0 Å². The number of benzene rings is 1. The number of rotatable bonds is 5. The second-order valence-electron chi connectivity index (χ2n) is 4.82. The van der Waals surface area contributed by atoms with Gasteiger partial charge in [-0.1, -0.05) is 0 Å². The molecule has 0 bridgehead atoms. The quantitative estimate of drug-likeness (QED) is 0.435. The van der Waals surface area contributed by atoms with Gasteiger partial charge in [0.05, 0.1) is 24.2 Å². The zero-order valence-corrected chi connectivity index (χ0v) is 11.9. The second kappa shape index (κ2) is 6.88. The summed E-state index contributed by atoms with van der Waals surface area (Å²) >= 11 is 0. The predicted molar refractivity (Wildman–Crippen MR) is 75.6 cm³/mol. The summed E-state index contributed by atoms with van der Waals surface area (Å²) in [6, 6.07) is 4.22. The number of nitrogens with zero attached hydrogens (tertiary/aromatic N) is 1. The van der Waals surface area contributed by atoms with Gasteiger partial charge in [-0.25, -0.2) is 0 Å². The number of aliphatic hydroxyl groups is 3. The van der Waals surface area contributed by atoms with Gasteiger partial charge in [0.2, 0.25) is 0 Å². The fourth-order valence-electron chi connectivity index (χ4n) is 2.13. The normalized spacial score (nSPS) is 28.2. The van der Waals surface area contributed by atoms with Crippen LogP contribution in [0.25, 0.3) is 0 Å². The van der Waals surface area contributed by atoms with Crippen molar-refractivity contribution >= 4 is 11.4 Å². The molecule has 1 aromatic carbocycles. The molecule has 0 radical (unpaired) electrons. The minimum absolute atomic E-state index is 0.112.